The maximum absolute atomic E-state index is 12.2. The minimum atomic E-state index is -3.65. The lowest BCUT2D eigenvalue weighted by Crippen LogP contribution is -2.27. The van der Waals surface area contributed by atoms with E-state index in [1.165, 1.54) is 12.3 Å². The van der Waals surface area contributed by atoms with Crippen LogP contribution in [0.3, 0.4) is 0 Å². The topological polar surface area (TPSA) is 91.6 Å². The highest BCUT2D eigenvalue weighted by molar-refractivity contribution is 7.89. The molecule has 0 atom stereocenters. The van der Waals surface area contributed by atoms with Crippen LogP contribution >= 0.6 is 0 Å². The molecule has 1 aromatic heterocycles. The van der Waals surface area contributed by atoms with Gasteiger partial charge >= 0.3 is 5.97 Å². The Morgan fingerprint density at radius 1 is 1.48 bits per heavy atom. The van der Waals surface area contributed by atoms with Crippen LogP contribution in [0.15, 0.2) is 17.2 Å². The quantitative estimate of drug-likeness (QED) is 0.691. The first-order valence-corrected chi connectivity index (χ1v) is 8.39. The molecular weight excluding hydrogens is 294 g/mol. The largest absolute Gasteiger partial charge is 0.477 e. The minimum Gasteiger partial charge on any atom is -0.477 e. The van der Waals surface area contributed by atoms with Crippen molar-refractivity contribution in [1.29, 1.82) is 0 Å². The van der Waals surface area contributed by atoms with Gasteiger partial charge in [-0.1, -0.05) is 0 Å². The Kier molecular flexibility index (Phi) is 4.70. The van der Waals surface area contributed by atoms with Gasteiger partial charge in [-0.05, 0) is 46.0 Å². The van der Waals surface area contributed by atoms with Gasteiger partial charge in [0, 0.05) is 18.8 Å². The van der Waals surface area contributed by atoms with Crippen molar-refractivity contribution in [2.24, 2.45) is 0 Å². The molecule has 1 aromatic rings. The van der Waals surface area contributed by atoms with Gasteiger partial charge in [-0.3, -0.25) is 0 Å². The second kappa shape index (κ2) is 6.17. The zero-order valence-corrected chi connectivity index (χ0v) is 13.1. The summed E-state index contributed by atoms with van der Waals surface area (Å²) < 4.78 is 28.4. The van der Waals surface area contributed by atoms with Crippen LogP contribution in [-0.2, 0) is 10.0 Å². The number of sulfonamides is 1. The standard InChI is InChI=1S/C13H21N3O4S/c1-15(2)7-3-6-14-21(19,20)11-8-12(13(17)18)16(9-11)10-4-5-10/h8-10,14H,3-7H2,1-2H3,(H,17,18). The lowest BCUT2D eigenvalue weighted by atomic mass is 10.4. The highest BCUT2D eigenvalue weighted by atomic mass is 32.2. The molecule has 0 radical (unpaired) electrons. The summed E-state index contributed by atoms with van der Waals surface area (Å²) in [6.45, 7) is 1.11. The average molecular weight is 315 g/mol. The van der Waals surface area contributed by atoms with Gasteiger partial charge in [-0.15, -0.1) is 0 Å². The highest BCUT2D eigenvalue weighted by Gasteiger charge is 2.30. The first-order chi connectivity index (χ1) is 9.81. The van der Waals surface area contributed by atoms with Crippen LogP contribution in [0.5, 0.6) is 0 Å². The summed E-state index contributed by atoms with van der Waals surface area (Å²) in [7, 11) is 0.188. The van der Waals surface area contributed by atoms with E-state index in [0.29, 0.717) is 13.0 Å². The van der Waals surface area contributed by atoms with Crippen LogP contribution in [0.1, 0.15) is 35.8 Å². The molecule has 2 N–H and O–H groups in total. The Balaban J connectivity index is 2.09. The van der Waals surface area contributed by atoms with Crippen LogP contribution in [0.2, 0.25) is 0 Å². The van der Waals surface area contributed by atoms with E-state index in [1.54, 1.807) is 4.57 Å². The lowest BCUT2D eigenvalue weighted by molar-refractivity contribution is 0.0685. The molecule has 0 saturated heterocycles. The Morgan fingerprint density at radius 3 is 2.67 bits per heavy atom. The Labute approximate surface area is 124 Å². The van der Waals surface area contributed by atoms with Gasteiger partial charge in [0.15, 0.2) is 0 Å². The van der Waals surface area contributed by atoms with Gasteiger partial charge in [0.25, 0.3) is 0 Å². The Bertz CT molecular complexity index is 617. The third-order valence-electron chi connectivity index (χ3n) is 3.37. The van der Waals surface area contributed by atoms with E-state index in [9.17, 15) is 13.2 Å². The van der Waals surface area contributed by atoms with Crippen molar-refractivity contribution in [2.45, 2.75) is 30.2 Å². The molecule has 0 spiro atoms. The van der Waals surface area contributed by atoms with Crippen molar-refractivity contribution in [2.75, 3.05) is 27.2 Å². The fraction of sp³-hybridized carbons (Fsp3) is 0.615. The fourth-order valence-electron chi connectivity index (χ4n) is 2.11. The summed E-state index contributed by atoms with van der Waals surface area (Å²) in [5.74, 6) is -1.10. The first kappa shape index (κ1) is 16.0. The highest BCUT2D eigenvalue weighted by Crippen LogP contribution is 2.37. The zero-order chi connectivity index (χ0) is 15.6. The number of nitrogens with zero attached hydrogens (tertiary/aromatic N) is 2. The van der Waals surface area contributed by atoms with Crippen molar-refractivity contribution >= 4 is 16.0 Å². The van der Waals surface area contributed by atoms with Crippen molar-refractivity contribution in [3.05, 3.63) is 18.0 Å². The summed E-state index contributed by atoms with van der Waals surface area (Å²) >= 11 is 0. The molecule has 0 aliphatic heterocycles. The summed E-state index contributed by atoms with van der Waals surface area (Å²) in [6, 6.07) is 1.35. The van der Waals surface area contributed by atoms with Crippen LogP contribution in [0.4, 0.5) is 0 Å². The number of aromatic carboxylic acids is 1. The van der Waals surface area contributed by atoms with Gasteiger partial charge in [-0.25, -0.2) is 17.9 Å². The maximum Gasteiger partial charge on any atom is 0.352 e. The van der Waals surface area contributed by atoms with Gasteiger partial charge < -0.3 is 14.6 Å². The number of hydrogen-bond acceptors (Lipinski definition) is 4. The molecule has 1 fully saturated rings. The number of carbonyl (C=O) groups is 1. The number of hydrogen-bond donors (Lipinski definition) is 2. The van der Waals surface area contributed by atoms with Crippen LogP contribution in [-0.4, -0.2) is 56.1 Å². The summed E-state index contributed by atoms with van der Waals surface area (Å²) in [5, 5.41) is 9.16. The Hall–Kier alpha value is -1.38. The van der Waals surface area contributed by atoms with E-state index in [-0.39, 0.29) is 16.6 Å². The number of aromatic nitrogens is 1. The predicted molar refractivity (Wildman–Crippen MR) is 78.0 cm³/mol. The van der Waals surface area contributed by atoms with Gasteiger partial charge in [-0.2, -0.15) is 0 Å². The summed E-state index contributed by atoms with van der Waals surface area (Å²) in [4.78, 5) is 13.2. The van der Waals surface area contributed by atoms with E-state index in [1.807, 2.05) is 19.0 Å². The average Bonchev–Trinajstić information content (AvgIpc) is 3.12. The SMILES string of the molecule is CN(C)CCCNS(=O)(=O)c1cc(C(=O)O)n(C2CC2)c1. The fourth-order valence-corrected chi connectivity index (χ4v) is 3.21. The normalized spacial score (nSPS) is 15.6. The molecule has 0 amide bonds. The van der Waals surface area contributed by atoms with Gasteiger partial charge in [0.1, 0.15) is 10.6 Å². The van der Waals surface area contributed by atoms with Crippen molar-refractivity contribution in [3.63, 3.8) is 0 Å². The number of rotatable bonds is 8. The summed E-state index contributed by atoms with van der Waals surface area (Å²) in [6.07, 6.45) is 3.91. The maximum atomic E-state index is 12.2. The molecule has 1 aliphatic carbocycles. The van der Waals surface area contributed by atoms with Crippen LogP contribution < -0.4 is 4.72 Å². The molecule has 0 bridgehead atoms. The van der Waals surface area contributed by atoms with Crippen LogP contribution in [0.25, 0.3) is 0 Å². The minimum absolute atomic E-state index is 0.0247. The smallest absolute Gasteiger partial charge is 0.352 e. The number of carboxylic acid groups (broad SMARTS) is 1. The second-order valence-electron chi connectivity index (χ2n) is 5.56. The van der Waals surface area contributed by atoms with Gasteiger partial charge in [0.05, 0.1) is 0 Å². The zero-order valence-electron chi connectivity index (χ0n) is 12.2. The van der Waals surface area contributed by atoms with Crippen LogP contribution in [0, 0.1) is 0 Å². The first-order valence-electron chi connectivity index (χ1n) is 6.91. The van der Waals surface area contributed by atoms with E-state index >= 15 is 0 Å². The molecule has 21 heavy (non-hydrogen) atoms. The molecule has 0 unspecified atom stereocenters. The Morgan fingerprint density at radius 2 is 2.14 bits per heavy atom. The van der Waals surface area contributed by atoms with E-state index in [4.69, 9.17) is 5.11 Å². The van der Waals surface area contributed by atoms with Crippen molar-refractivity contribution < 1.29 is 18.3 Å². The lowest BCUT2D eigenvalue weighted by Gasteiger charge is -2.09. The van der Waals surface area contributed by atoms with Crippen molar-refractivity contribution in [1.82, 2.24) is 14.2 Å². The number of carboxylic acids is 1. The molecule has 8 heteroatoms. The molecule has 0 aromatic carbocycles. The third kappa shape index (κ3) is 4.05. The second-order valence-corrected chi connectivity index (χ2v) is 7.33. The van der Waals surface area contributed by atoms with E-state index < -0.39 is 16.0 Å². The van der Waals surface area contributed by atoms with Crippen molar-refractivity contribution in [3.8, 4) is 0 Å². The molecule has 118 valence electrons. The molecule has 1 aliphatic rings. The molecule has 1 heterocycles. The molecule has 2 rings (SSSR count). The number of nitrogens with one attached hydrogen (secondary N) is 1. The monoisotopic (exact) mass is 315 g/mol. The molecule has 7 nitrogen and oxygen atoms in total. The third-order valence-corrected chi connectivity index (χ3v) is 4.80. The molecule has 1 saturated carbocycles. The predicted octanol–water partition coefficient (Wildman–Crippen LogP) is 0.751. The molecular formula is C13H21N3O4S. The van der Waals surface area contributed by atoms with Gasteiger partial charge in [0.2, 0.25) is 10.0 Å². The summed E-state index contributed by atoms with van der Waals surface area (Å²) in [5.41, 5.74) is 0.0335. The van der Waals surface area contributed by atoms with E-state index in [2.05, 4.69) is 4.72 Å². The van der Waals surface area contributed by atoms with E-state index in [0.717, 1.165) is 19.4 Å².